The Morgan fingerprint density at radius 2 is 1.83 bits per heavy atom. The molecule has 10 heteroatoms. The first kappa shape index (κ1) is 21.6. The fraction of sp³-hybridized carbons (Fsp3) is 0.714. The first-order chi connectivity index (χ1) is 11.1. The zero-order chi connectivity index (χ0) is 18.6. The van der Waals surface area contributed by atoms with Crippen molar-refractivity contribution < 1.29 is 29.0 Å². The van der Waals surface area contributed by atoms with Crippen molar-refractivity contribution in [3.63, 3.8) is 0 Å². The van der Waals surface area contributed by atoms with Crippen LogP contribution in [0.15, 0.2) is 5.10 Å². The van der Waals surface area contributed by atoms with Gasteiger partial charge in [-0.05, 0) is 20.8 Å². The molecular weight excluding hydrogens is 320 g/mol. The molecule has 0 heterocycles. The fourth-order valence-corrected chi connectivity index (χ4v) is 1.28. The minimum absolute atomic E-state index is 0.0155. The lowest BCUT2D eigenvalue weighted by Gasteiger charge is -2.19. The van der Waals surface area contributed by atoms with Crippen LogP contribution in [0.3, 0.4) is 0 Å². The molecule has 0 rings (SSSR count). The fourth-order valence-electron chi connectivity index (χ4n) is 1.28. The number of hydrazone groups is 1. The number of hydrogen-bond donors (Lipinski definition) is 4. The maximum atomic E-state index is 11.8. The lowest BCUT2D eigenvalue weighted by atomic mass is 10.2. The molecule has 0 aliphatic carbocycles. The SMILES string of the molecule is CC(=O)OCC(=NNCCO)NC(=O)CCNC(=O)OC(C)(C)C. The van der Waals surface area contributed by atoms with Crippen LogP contribution in [0.4, 0.5) is 4.79 Å². The molecule has 0 saturated heterocycles. The van der Waals surface area contributed by atoms with E-state index in [9.17, 15) is 14.4 Å². The Morgan fingerprint density at radius 1 is 1.17 bits per heavy atom. The Balaban J connectivity index is 4.27. The van der Waals surface area contributed by atoms with E-state index < -0.39 is 23.6 Å². The lowest BCUT2D eigenvalue weighted by Crippen LogP contribution is -2.39. The third-order valence-corrected chi connectivity index (χ3v) is 2.15. The molecule has 4 N–H and O–H groups in total. The van der Waals surface area contributed by atoms with Crippen molar-refractivity contribution in [3.05, 3.63) is 0 Å². The van der Waals surface area contributed by atoms with Gasteiger partial charge in [-0.1, -0.05) is 0 Å². The molecule has 0 radical (unpaired) electrons. The van der Waals surface area contributed by atoms with Gasteiger partial charge in [0.05, 0.1) is 13.2 Å². The minimum atomic E-state index is -0.617. The van der Waals surface area contributed by atoms with Gasteiger partial charge in [-0.3, -0.25) is 9.59 Å². The number of ether oxygens (including phenoxy) is 2. The molecule has 2 amide bonds. The zero-order valence-corrected chi connectivity index (χ0v) is 14.5. The first-order valence-electron chi connectivity index (χ1n) is 7.44. The Bertz CT molecular complexity index is 459. The highest BCUT2D eigenvalue weighted by atomic mass is 16.6. The summed E-state index contributed by atoms with van der Waals surface area (Å²) in [6.07, 6.45) is -0.632. The number of rotatable bonds is 8. The van der Waals surface area contributed by atoms with Gasteiger partial charge in [0.1, 0.15) is 5.60 Å². The summed E-state index contributed by atoms with van der Waals surface area (Å²) in [4.78, 5) is 34.0. The minimum Gasteiger partial charge on any atom is -0.458 e. The van der Waals surface area contributed by atoms with E-state index in [-0.39, 0.29) is 38.6 Å². The highest BCUT2D eigenvalue weighted by molar-refractivity contribution is 5.99. The van der Waals surface area contributed by atoms with Crippen molar-refractivity contribution in [2.45, 2.75) is 39.7 Å². The number of amides is 2. The summed E-state index contributed by atoms with van der Waals surface area (Å²) in [6.45, 7) is 6.32. The van der Waals surface area contributed by atoms with Crippen LogP contribution in [0, 0.1) is 0 Å². The van der Waals surface area contributed by atoms with E-state index in [0.717, 1.165) is 0 Å². The Morgan fingerprint density at radius 3 is 2.38 bits per heavy atom. The van der Waals surface area contributed by atoms with Crippen LogP contribution < -0.4 is 16.1 Å². The molecule has 0 unspecified atom stereocenters. The molecule has 0 saturated carbocycles. The topological polar surface area (TPSA) is 138 Å². The first-order valence-corrected chi connectivity index (χ1v) is 7.44. The van der Waals surface area contributed by atoms with Crippen molar-refractivity contribution in [2.24, 2.45) is 5.10 Å². The number of carbonyl (C=O) groups excluding carboxylic acids is 3. The Labute approximate surface area is 141 Å². The van der Waals surface area contributed by atoms with Gasteiger partial charge in [0.2, 0.25) is 5.91 Å². The standard InChI is InChI=1S/C14H26N4O6/c1-10(20)23-9-11(18-16-7-8-19)17-12(21)5-6-15-13(22)24-14(2,3)4/h16,19H,5-9H2,1-4H3,(H,15,22)(H,17,18,21). The van der Waals surface area contributed by atoms with Gasteiger partial charge in [-0.25, -0.2) is 4.79 Å². The number of nitrogens with one attached hydrogen (secondary N) is 3. The second kappa shape index (κ2) is 11.2. The van der Waals surface area contributed by atoms with E-state index in [1.54, 1.807) is 20.8 Å². The molecule has 0 fully saturated rings. The molecule has 0 spiro atoms. The smallest absolute Gasteiger partial charge is 0.407 e. The third kappa shape index (κ3) is 13.3. The summed E-state index contributed by atoms with van der Waals surface area (Å²) < 4.78 is 9.79. The predicted octanol–water partition coefficient (Wildman–Crippen LogP) is -0.524. The van der Waals surface area contributed by atoms with Gasteiger partial charge >= 0.3 is 12.1 Å². The number of amidine groups is 1. The number of esters is 1. The van der Waals surface area contributed by atoms with Crippen LogP contribution in [-0.2, 0) is 19.1 Å². The third-order valence-electron chi connectivity index (χ3n) is 2.15. The van der Waals surface area contributed by atoms with E-state index in [0.29, 0.717) is 0 Å². The van der Waals surface area contributed by atoms with Gasteiger partial charge in [0, 0.05) is 19.9 Å². The average molecular weight is 346 g/mol. The maximum Gasteiger partial charge on any atom is 0.407 e. The average Bonchev–Trinajstić information content (AvgIpc) is 2.42. The van der Waals surface area contributed by atoms with E-state index in [2.05, 4.69) is 21.2 Å². The molecule has 24 heavy (non-hydrogen) atoms. The maximum absolute atomic E-state index is 11.8. The van der Waals surface area contributed by atoms with Crippen LogP contribution in [-0.4, -0.2) is 60.8 Å². The van der Waals surface area contributed by atoms with Crippen molar-refractivity contribution in [1.82, 2.24) is 16.1 Å². The van der Waals surface area contributed by atoms with Crippen molar-refractivity contribution in [3.8, 4) is 0 Å². The second-order valence-electron chi connectivity index (χ2n) is 5.70. The lowest BCUT2D eigenvalue weighted by molar-refractivity contribution is -0.139. The van der Waals surface area contributed by atoms with E-state index in [1.807, 2.05) is 0 Å². The largest absolute Gasteiger partial charge is 0.458 e. The van der Waals surface area contributed by atoms with Crippen LogP contribution in [0.25, 0.3) is 0 Å². The molecule has 0 bridgehead atoms. The molecule has 0 aliphatic heterocycles. The Hall–Kier alpha value is -2.36. The summed E-state index contributed by atoms with van der Waals surface area (Å²) in [6, 6.07) is 0. The predicted molar refractivity (Wildman–Crippen MR) is 86.2 cm³/mol. The normalized spacial score (nSPS) is 11.5. The summed E-state index contributed by atoms with van der Waals surface area (Å²) in [5, 5.41) is 17.4. The van der Waals surface area contributed by atoms with E-state index >= 15 is 0 Å². The quantitative estimate of drug-likeness (QED) is 0.152. The van der Waals surface area contributed by atoms with Crippen LogP contribution in [0.1, 0.15) is 34.1 Å². The molecule has 0 aliphatic rings. The van der Waals surface area contributed by atoms with Crippen molar-refractivity contribution in [1.29, 1.82) is 0 Å². The summed E-state index contributed by atoms with van der Waals surface area (Å²) in [7, 11) is 0. The number of alkyl carbamates (subject to hydrolysis) is 1. The van der Waals surface area contributed by atoms with Crippen molar-refractivity contribution in [2.75, 3.05) is 26.3 Å². The highest BCUT2D eigenvalue weighted by Gasteiger charge is 2.16. The molecule has 138 valence electrons. The number of aliphatic hydroxyl groups is 1. The van der Waals surface area contributed by atoms with Crippen molar-refractivity contribution >= 4 is 23.8 Å². The van der Waals surface area contributed by atoms with Gasteiger partial charge in [0.25, 0.3) is 0 Å². The zero-order valence-electron chi connectivity index (χ0n) is 14.5. The molecular formula is C14H26N4O6. The van der Waals surface area contributed by atoms with Crippen LogP contribution >= 0.6 is 0 Å². The van der Waals surface area contributed by atoms with E-state index in [4.69, 9.17) is 14.6 Å². The molecule has 0 atom stereocenters. The van der Waals surface area contributed by atoms with Crippen LogP contribution in [0.5, 0.6) is 0 Å². The molecule has 0 aromatic heterocycles. The number of hydrogen-bond acceptors (Lipinski definition) is 8. The van der Waals surface area contributed by atoms with Gasteiger partial charge < -0.3 is 30.6 Å². The second-order valence-corrected chi connectivity index (χ2v) is 5.70. The van der Waals surface area contributed by atoms with Gasteiger partial charge in [0.15, 0.2) is 12.4 Å². The number of nitrogens with zero attached hydrogens (tertiary/aromatic N) is 1. The Kier molecular flexibility index (Phi) is 10.1. The van der Waals surface area contributed by atoms with Gasteiger partial charge in [-0.2, -0.15) is 5.10 Å². The monoisotopic (exact) mass is 346 g/mol. The van der Waals surface area contributed by atoms with Crippen LogP contribution in [0.2, 0.25) is 0 Å². The molecule has 10 nitrogen and oxygen atoms in total. The number of carbonyl (C=O) groups is 3. The highest BCUT2D eigenvalue weighted by Crippen LogP contribution is 2.06. The number of aliphatic hydroxyl groups excluding tert-OH is 1. The summed E-state index contributed by atoms with van der Waals surface area (Å²) >= 11 is 0. The van der Waals surface area contributed by atoms with E-state index in [1.165, 1.54) is 6.92 Å². The van der Waals surface area contributed by atoms with Gasteiger partial charge in [-0.15, -0.1) is 0 Å². The molecule has 0 aromatic rings. The molecule has 0 aromatic carbocycles. The summed E-state index contributed by atoms with van der Waals surface area (Å²) in [5.74, 6) is -0.866. The summed E-state index contributed by atoms with van der Waals surface area (Å²) in [5.41, 5.74) is 1.89.